The van der Waals surface area contributed by atoms with Gasteiger partial charge in [-0.15, -0.1) is 0 Å². The zero-order valence-corrected chi connectivity index (χ0v) is 14.3. The summed E-state index contributed by atoms with van der Waals surface area (Å²) in [4.78, 5) is 16.5. The van der Waals surface area contributed by atoms with Gasteiger partial charge in [0.1, 0.15) is 11.5 Å². The Kier molecular flexibility index (Phi) is 4.18. The third kappa shape index (κ3) is 2.75. The fourth-order valence-electron chi connectivity index (χ4n) is 3.49. The topological polar surface area (TPSA) is 67.6 Å². The third-order valence-electron chi connectivity index (χ3n) is 4.68. The molecule has 1 amide bonds. The summed E-state index contributed by atoms with van der Waals surface area (Å²) in [5.41, 5.74) is 3.93. The zero-order valence-electron chi connectivity index (χ0n) is 14.3. The summed E-state index contributed by atoms with van der Waals surface area (Å²) in [6, 6.07) is 6.36. The quantitative estimate of drug-likeness (QED) is 0.731. The van der Waals surface area contributed by atoms with Crippen molar-refractivity contribution in [3.05, 3.63) is 64.9 Å². The number of fused-ring (bicyclic) bond motifs is 3. The predicted octanol–water partition coefficient (Wildman–Crippen LogP) is 2.76. The Morgan fingerprint density at radius 2 is 2.08 bits per heavy atom. The lowest BCUT2D eigenvalue weighted by Gasteiger charge is -2.22. The molecule has 0 spiro atoms. The van der Waals surface area contributed by atoms with Crippen molar-refractivity contribution >= 4 is 16.8 Å². The average molecular weight is 355 g/mol. The second-order valence-electron chi connectivity index (χ2n) is 6.37. The number of hydroxylamine groups is 2. The van der Waals surface area contributed by atoms with E-state index >= 15 is 0 Å². The number of benzene rings is 1. The number of amides is 1. The van der Waals surface area contributed by atoms with Crippen LogP contribution in [0.5, 0.6) is 0 Å². The molecule has 0 atom stereocenters. The van der Waals surface area contributed by atoms with E-state index in [9.17, 15) is 14.4 Å². The number of rotatable bonds is 4. The highest BCUT2D eigenvalue weighted by Crippen LogP contribution is 2.30. The molecule has 6 nitrogen and oxygen atoms in total. The first-order chi connectivity index (χ1) is 12.6. The maximum Gasteiger partial charge on any atom is 0.296 e. The first-order valence-electron chi connectivity index (χ1n) is 8.32. The van der Waals surface area contributed by atoms with E-state index in [0.717, 1.165) is 27.6 Å². The second kappa shape index (κ2) is 6.51. The van der Waals surface area contributed by atoms with Crippen LogP contribution in [0.1, 0.15) is 27.2 Å². The van der Waals surface area contributed by atoms with Gasteiger partial charge in [-0.3, -0.25) is 10.0 Å². The number of carbonyl (C=O) groups excluding carboxylic acids is 1. The van der Waals surface area contributed by atoms with Crippen LogP contribution in [-0.2, 0) is 24.3 Å². The Balaban J connectivity index is 1.85. The van der Waals surface area contributed by atoms with Crippen molar-refractivity contribution in [1.82, 2.24) is 14.6 Å². The normalized spacial score (nSPS) is 14.1. The summed E-state index contributed by atoms with van der Waals surface area (Å²) in [6.07, 6.45) is 4.16. The summed E-state index contributed by atoms with van der Waals surface area (Å²) in [6.45, 7) is 1.20. The summed E-state index contributed by atoms with van der Waals surface area (Å²) >= 11 is 0. The number of hydrogen-bond donors (Lipinski definition) is 1. The van der Waals surface area contributed by atoms with Crippen molar-refractivity contribution in [2.75, 3.05) is 13.7 Å². The molecule has 4 rings (SSSR count). The number of methoxy groups -OCH3 is 1. The molecule has 1 aromatic carbocycles. The third-order valence-corrected chi connectivity index (χ3v) is 4.68. The molecule has 7 heteroatoms. The minimum Gasteiger partial charge on any atom is -0.380 e. The minimum atomic E-state index is -0.484. The molecule has 3 heterocycles. The highest BCUT2D eigenvalue weighted by molar-refractivity contribution is 6.00. The maximum absolute atomic E-state index is 13.2. The maximum atomic E-state index is 13.2. The van der Waals surface area contributed by atoms with Gasteiger partial charge < -0.3 is 9.30 Å². The lowest BCUT2D eigenvalue weighted by Crippen LogP contribution is -2.35. The smallest absolute Gasteiger partial charge is 0.296 e. The van der Waals surface area contributed by atoms with Gasteiger partial charge in [0.2, 0.25) is 0 Å². The van der Waals surface area contributed by atoms with Crippen LogP contribution < -0.4 is 0 Å². The van der Waals surface area contributed by atoms with Crippen molar-refractivity contribution in [1.29, 1.82) is 0 Å². The average Bonchev–Trinajstić information content (AvgIpc) is 2.98. The van der Waals surface area contributed by atoms with Crippen LogP contribution >= 0.6 is 0 Å². The lowest BCUT2D eigenvalue weighted by atomic mass is 9.99. The van der Waals surface area contributed by atoms with E-state index in [2.05, 4.69) is 4.98 Å². The number of ether oxygens (including phenoxy) is 1. The standard InChI is InChI=1S/C19H18FN3O3/c1-26-11-13-10-22(9-12-2-4-14(20)5-3-12)16-8-21-18-15(17(13)16)6-7-23(25)19(18)24/h2-5,8,10,25H,6-7,9,11H2,1H3. The van der Waals surface area contributed by atoms with E-state index in [4.69, 9.17) is 4.74 Å². The number of aromatic nitrogens is 2. The number of pyridine rings is 1. The van der Waals surface area contributed by atoms with E-state index < -0.39 is 5.91 Å². The van der Waals surface area contributed by atoms with E-state index in [1.807, 2.05) is 10.8 Å². The fourth-order valence-corrected chi connectivity index (χ4v) is 3.49. The molecule has 0 fully saturated rings. The largest absolute Gasteiger partial charge is 0.380 e. The number of hydrogen-bond acceptors (Lipinski definition) is 4. The van der Waals surface area contributed by atoms with Crippen LogP contribution in [0.15, 0.2) is 36.7 Å². The first-order valence-corrected chi connectivity index (χ1v) is 8.32. The Labute approximate surface area is 149 Å². The molecular weight excluding hydrogens is 337 g/mol. The SMILES string of the molecule is COCc1cn(Cc2ccc(F)cc2)c2cnc3c(c12)CCN(O)C3=O. The van der Waals surface area contributed by atoms with E-state index in [0.29, 0.717) is 24.6 Å². The molecular formula is C19H18FN3O3. The van der Waals surface area contributed by atoms with E-state index in [1.165, 1.54) is 12.1 Å². The molecule has 0 saturated heterocycles. The molecule has 3 aromatic rings. The Bertz CT molecular complexity index is 982. The number of nitrogens with zero attached hydrogens (tertiary/aromatic N) is 3. The molecule has 134 valence electrons. The summed E-state index contributed by atoms with van der Waals surface area (Å²) in [5.74, 6) is -0.753. The van der Waals surface area contributed by atoms with Gasteiger partial charge in [0.25, 0.3) is 5.91 Å². The van der Waals surface area contributed by atoms with E-state index in [1.54, 1.807) is 25.4 Å². The highest BCUT2D eigenvalue weighted by Gasteiger charge is 2.28. The van der Waals surface area contributed by atoms with Crippen LogP contribution in [0.25, 0.3) is 10.9 Å². The van der Waals surface area contributed by atoms with Crippen molar-refractivity contribution in [3.8, 4) is 0 Å². The Morgan fingerprint density at radius 1 is 1.31 bits per heavy atom. The van der Waals surface area contributed by atoms with Gasteiger partial charge in [-0.05, 0) is 29.7 Å². The summed E-state index contributed by atoms with van der Waals surface area (Å²) < 4.78 is 20.5. The van der Waals surface area contributed by atoms with Gasteiger partial charge in [0, 0.05) is 30.8 Å². The van der Waals surface area contributed by atoms with Crippen LogP contribution in [0, 0.1) is 5.82 Å². The number of carbonyl (C=O) groups is 1. The van der Waals surface area contributed by atoms with Gasteiger partial charge in [0.05, 0.1) is 24.9 Å². The molecule has 0 aliphatic carbocycles. The molecule has 0 radical (unpaired) electrons. The monoisotopic (exact) mass is 355 g/mol. The molecule has 0 unspecified atom stereocenters. The fraction of sp³-hybridized carbons (Fsp3) is 0.263. The van der Waals surface area contributed by atoms with Crippen LogP contribution in [-0.4, -0.2) is 39.4 Å². The van der Waals surface area contributed by atoms with Crippen molar-refractivity contribution in [2.45, 2.75) is 19.6 Å². The minimum absolute atomic E-state index is 0.238. The molecule has 2 aromatic heterocycles. The zero-order chi connectivity index (χ0) is 18.3. The van der Waals surface area contributed by atoms with Gasteiger partial charge in [0.15, 0.2) is 0 Å². The van der Waals surface area contributed by atoms with Crippen LogP contribution in [0.3, 0.4) is 0 Å². The second-order valence-corrected chi connectivity index (χ2v) is 6.37. The van der Waals surface area contributed by atoms with E-state index in [-0.39, 0.29) is 18.1 Å². The molecule has 0 bridgehead atoms. The molecule has 1 N–H and O–H groups in total. The summed E-state index contributed by atoms with van der Waals surface area (Å²) in [7, 11) is 1.62. The van der Waals surface area contributed by atoms with Gasteiger partial charge >= 0.3 is 0 Å². The van der Waals surface area contributed by atoms with Crippen molar-refractivity contribution < 1.29 is 19.1 Å². The Hall–Kier alpha value is -2.77. The van der Waals surface area contributed by atoms with Gasteiger partial charge in [-0.2, -0.15) is 0 Å². The van der Waals surface area contributed by atoms with Gasteiger partial charge in [-0.1, -0.05) is 12.1 Å². The number of halogens is 1. The van der Waals surface area contributed by atoms with Crippen molar-refractivity contribution in [3.63, 3.8) is 0 Å². The molecule has 1 aliphatic rings. The molecule has 1 aliphatic heterocycles. The molecule has 0 saturated carbocycles. The lowest BCUT2D eigenvalue weighted by molar-refractivity contribution is -0.0606. The van der Waals surface area contributed by atoms with Gasteiger partial charge in [-0.25, -0.2) is 14.4 Å². The molecule has 26 heavy (non-hydrogen) atoms. The highest BCUT2D eigenvalue weighted by atomic mass is 19.1. The Morgan fingerprint density at radius 3 is 2.81 bits per heavy atom. The predicted molar refractivity (Wildman–Crippen MR) is 92.5 cm³/mol. The van der Waals surface area contributed by atoms with Crippen LogP contribution in [0.2, 0.25) is 0 Å². The van der Waals surface area contributed by atoms with Crippen LogP contribution in [0.4, 0.5) is 4.39 Å². The first kappa shape index (κ1) is 16.7. The summed E-state index contributed by atoms with van der Waals surface area (Å²) in [5, 5.41) is 11.3. The van der Waals surface area contributed by atoms with Crippen molar-refractivity contribution in [2.24, 2.45) is 0 Å².